The van der Waals surface area contributed by atoms with Crippen molar-refractivity contribution in [2.45, 2.75) is 31.2 Å². The van der Waals surface area contributed by atoms with Crippen molar-refractivity contribution < 1.29 is 14.2 Å². The molecule has 168 valence electrons. The minimum atomic E-state index is -1.88. The van der Waals surface area contributed by atoms with Gasteiger partial charge in [-0.3, -0.25) is 0 Å². The number of methoxy groups -OCH3 is 3. The van der Waals surface area contributed by atoms with Crippen LogP contribution in [0.25, 0.3) is 0 Å². The molecule has 3 nitrogen and oxygen atoms in total. The Hall–Kier alpha value is -2.03. The molecule has 3 aromatic rings. The van der Waals surface area contributed by atoms with Crippen LogP contribution >= 0.6 is 7.26 Å². The van der Waals surface area contributed by atoms with E-state index in [-0.39, 0.29) is 18.3 Å². The summed E-state index contributed by atoms with van der Waals surface area (Å²) in [5, 5.41) is 4.28. The highest BCUT2D eigenvalue weighted by Crippen LogP contribution is 2.58. The van der Waals surface area contributed by atoms with E-state index >= 15 is 0 Å². The second-order valence-electron chi connectivity index (χ2n) is 8.59. The fourth-order valence-corrected chi connectivity index (χ4v) is 10.0. The van der Waals surface area contributed by atoms with Crippen LogP contribution in [-0.4, -0.2) is 45.8 Å². The Morgan fingerprint density at radius 1 is 0.594 bits per heavy atom. The van der Waals surface area contributed by atoms with Crippen molar-refractivity contribution in [1.82, 2.24) is 0 Å². The third-order valence-corrected chi connectivity index (χ3v) is 11.5. The maximum absolute atomic E-state index is 5.90. The standard InChI is InChI=1S/C28H34O3P/c1-29-26-19-22(20-27(30-2)28(26)31-3)21-32(23-13-7-4-8-14-23,24-15-9-5-10-16-24)25-17-11-6-12-18-25/h4-18,22,26-28H,19-21H2,1-3H3/q+1. The van der Waals surface area contributed by atoms with Crippen LogP contribution in [0.2, 0.25) is 0 Å². The highest BCUT2D eigenvalue weighted by molar-refractivity contribution is 7.95. The molecule has 0 amide bonds. The quantitative estimate of drug-likeness (QED) is 0.476. The molecule has 1 aliphatic rings. The van der Waals surface area contributed by atoms with Gasteiger partial charge in [-0.25, -0.2) is 0 Å². The number of ether oxygens (including phenoxy) is 3. The van der Waals surface area contributed by atoms with E-state index in [2.05, 4.69) is 91.0 Å². The van der Waals surface area contributed by atoms with Crippen LogP contribution in [0.15, 0.2) is 91.0 Å². The van der Waals surface area contributed by atoms with Gasteiger partial charge in [0.05, 0.1) is 18.4 Å². The third-order valence-electron chi connectivity index (χ3n) is 6.86. The first kappa shape index (κ1) is 23.1. The lowest BCUT2D eigenvalue weighted by molar-refractivity contribution is -0.138. The molecule has 2 unspecified atom stereocenters. The molecule has 1 aliphatic carbocycles. The maximum atomic E-state index is 5.90. The molecule has 4 rings (SSSR count). The van der Waals surface area contributed by atoms with Crippen molar-refractivity contribution in [2.24, 2.45) is 5.92 Å². The zero-order valence-corrected chi connectivity index (χ0v) is 20.2. The van der Waals surface area contributed by atoms with Gasteiger partial charge in [-0.05, 0) is 55.2 Å². The summed E-state index contributed by atoms with van der Waals surface area (Å²) in [7, 11) is 3.47. The lowest BCUT2D eigenvalue weighted by Gasteiger charge is -2.41. The minimum Gasteiger partial charge on any atom is -0.379 e. The number of benzene rings is 3. The van der Waals surface area contributed by atoms with E-state index in [0.29, 0.717) is 5.92 Å². The van der Waals surface area contributed by atoms with E-state index < -0.39 is 7.26 Å². The van der Waals surface area contributed by atoms with Gasteiger partial charge in [-0.1, -0.05) is 54.6 Å². The zero-order valence-electron chi connectivity index (χ0n) is 19.3. The third kappa shape index (κ3) is 4.54. The average Bonchev–Trinajstić information content (AvgIpc) is 2.88. The van der Waals surface area contributed by atoms with Crippen LogP contribution in [0.1, 0.15) is 12.8 Å². The summed E-state index contributed by atoms with van der Waals surface area (Å²) in [5.74, 6) is 0.463. The Morgan fingerprint density at radius 3 is 1.28 bits per heavy atom. The molecule has 0 aromatic heterocycles. The van der Waals surface area contributed by atoms with Gasteiger partial charge in [0.1, 0.15) is 29.3 Å². The summed E-state index contributed by atoms with van der Waals surface area (Å²) < 4.78 is 17.6. The molecular formula is C28H34O3P+. The van der Waals surface area contributed by atoms with Crippen LogP contribution in [-0.2, 0) is 14.2 Å². The maximum Gasteiger partial charge on any atom is 0.112 e. The summed E-state index contributed by atoms with van der Waals surface area (Å²) in [6, 6.07) is 33.3. The van der Waals surface area contributed by atoms with E-state index in [4.69, 9.17) is 14.2 Å². The monoisotopic (exact) mass is 449 g/mol. The van der Waals surface area contributed by atoms with Crippen LogP contribution < -0.4 is 15.9 Å². The summed E-state index contributed by atoms with van der Waals surface area (Å²) >= 11 is 0. The van der Waals surface area contributed by atoms with E-state index in [1.165, 1.54) is 15.9 Å². The summed E-state index contributed by atoms with van der Waals surface area (Å²) in [5.41, 5.74) is 0. The zero-order chi connectivity index (χ0) is 22.4. The molecule has 2 atom stereocenters. The lowest BCUT2D eigenvalue weighted by atomic mass is 9.84. The Labute approximate surface area is 193 Å². The first-order valence-electron chi connectivity index (χ1n) is 11.4. The molecule has 0 heterocycles. The van der Waals surface area contributed by atoms with E-state index in [9.17, 15) is 0 Å². The van der Waals surface area contributed by atoms with Crippen molar-refractivity contribution >= 4 is 23.2 Å². The second-order valence-corrected chi connectivity index (χ2v) is 12.1. The van der Waals surface area contributed by atoms with E-state index in [0.717, 1.165) is 19.0 Å². The Bertz CT molecular complexity index is 838. The van der Waals surface area contributed by atoms with Gasteiger partial charge in [0.15, 0.2) is 0 Å². The van der Waals surface area contributed by atoms with Crippen LogP contribution in [0, 0.1) is 5.92 Å². The Balaban J connectivity index is 1.83. The molecule has 1 fully saturated rings. The SMILES string of the molecule is COC1CC(C[P+](c2ccccc2)(c2ccccc2)c2ccccc2)CC(OC)C1OC. The molecule has 0 spiro atoms. The molecule has 0 aliphatic heterocycles. The van der Waals surface area contributed by atoms with Crippen LogP contribution in [0.3, 0.4) is 0 Å². The smallest absolute Gasteiger partial charge is 0.112 e. The molecular weight excluding hydrogens is 415 g/mol. The van der Waals surface area contributed by atoms with Crippen molar-refractivity contribution in [3.63, 3.8) is 0 Å². The van der Waals surface area contributed by atoms with Gasteiger partial charge in [0.2, 0.25) is 0 Å². The normalized spacial score (nSPS) is 23.7. The van der Waals surface area contributed by atoms with E-state index in [1.54, 1.807) is 21.3 Å². The molecule has 1 saturated carbocycles. The van der Waals surface area contributed by atoms with Gasteiger partial charge in [0, 0.05) is 21.3 Å². The number of hydrogen-bond donors (Lipinski definition) is 0. The molecule has 4 heteroatoms. The molecule has 3 aromatic carbocycles. The minimum absolute atomic E-state index is 0.0286. The first-order chi connectivity index (χ1) is 15.7. The fraction of sp³-hybridized carbons (Fsp3) is 0.357. The Kier molecular flexibility index (Phi) is 7.75. The van der Waals surface area contributed by atoms with Gasteiger partial charge in [0.25, 0.3) is 0 Å². The number of hydrogen-bond acceptors (Lipinski definition) is 3. The largest absolute Gasteiger partial charge is 0.379 e. The summed E-state index contributed by atoms with van der Waals surface area (Å²) in [4.78, 5) is 0. The van der Waals surface area contributed by atoms with Crippen LogP contribution in [0.4, 0.5) is 0 Å². The second kappa shape index (κ2) is 10.7. The van der Waals surface area contributed by atoms with Crippen LogP contribution in [0.5, 0.6) is 0 Å². The van der Waals surface area contributed by atoms with Crippen molar-refractivity contribution in [2.75, 3.05) is 27.5 Å². The molecule has 32 heavy (non-hydrogen) atoms. The summed E-state index contributed by atoms with van der Waals surface area (Å²) in [6.07, 6.45) is 3.08. The molecule has 0 N–H and O–H groups in total. The van der Waals surface area contributed by atoms with E-state index in [1.807, 2.05) is 0 Å². The van der Waals surface area contributed by atoms with Gasteiger partial charge in [-0.15, -0.1) is 0 Å². The Morgan fingerprint density at radius 2 is 0.969 bits per heavy atom. The highest BCUT2D eigenvalue weighted by Gasteiger charge is 2.50. The number of rotatable bonds is 8. The predicted molar refractivity (Wildman–Crippen MR) is 135 cm³/mol. The topological polar surface area (TPSA) is 27.7 Å². The highest BCUT2D eigenvalue weighted by atomic mass is 31.2. The summed E-state index contributed by atoms with van der Waals surface area (Å²) in [6.45, 7) is 0. The molecule has 0 bridgehead atoms. The van der Waals surface area contributed by atoms with Crippen molar-refractivity contribution in [3.8, 4) is 0 Å². The van der Waals surface area contributed by atoms with Gasteiger partial charge < -0.3 is 14.2 Å². The molecule has 0 radical (unpaired) electrons. The van der Waals surface area contributed by atoms with Crippen molar-refractivity contribution in [1.29, 1.82) is 0 Å². The molecule has 0 saturated heterocycles. The fourth-order valence-electron chi connectivity index (χ4n) is 5.37. The van der Waals surface area contributed by atoms with Gasteiger partial charge in [-0.2, -0.15) is 0 Å². The first-order valence-corrected chi connectivity index (χ1v) is 13.3. The average molecular weight is 450 g/mol. The predicted octanol–water partition coefficient (Wildman–Crippen LogP) is 4.44. The van der Waals surface area contributed by atoms with Gasteiger partial charge >= 0.3 is 0 Å². The lowest BCUT2D eigenvalue weighted by Crippen LogP contribution is -2.49. The van der Waals surface area contributed by atoms with Crippen molar-refractivity contribution in [3.05, 3.63) is 91.0 Å².